The number of hydrogen-bond acceptors (Lipinski definition) is 0. The maximum absolute atomic E-state index is 6.30. The molecule has 0 aliphatic heterocycles. The van der Waals surface area contributed by atoms with E-state index in [4.69, 9.17) is 11.6 Å². The summed E-state index contributed by atoms with van der Waals surface area (Å²) in [5.41, 5.74) is 0. The van der Waals surface area contributed by atoms with Crippen molar-refractivity contribution in [3.8, 4) is 0 Å². The minimum atomic E-state index is -2.37. The molecule has 0 atom stereocenters. The summed E-state index contributed by atoms with van der Waals surface area (Å²) in [6, 6.07) is 40.0. The van der Waals surface area contributed by atoms with Crippen molar-refractivity contribution in [1.29, 1.82) is 0 Å². The lowest BCUT2D eigenvalue weighted by Crippen LogP contribution is -2.72. The van der Waals surface area contributed by atoms with Crippen molar-refractivity contribution < 1.29 is 0 Å². The summed E-state index contributed by atoms with van der Waals surface area (Å²) in [4.78, 5) is 0. The number of fused-ring (bicyclic) bond motifs is 3. The lowest BCUT2D eigenvalue weighted by molar-refractivity contribution is 0.739. The third-order valence-electron chi connectivity index (χ3n) is 6.77. The topological polar surface area (TPSA) is 0 Å². The van der Waals surface area contributed by atoms with Crippen molar-refractivity contribution in [2.45, 2.75) is 25.8 Å². The molecule has 0 nitrogen and oxygen atoms in total. The molecule has 2 heteroatoms. The van der Waals surface area contributed by atoms with Crippen LogP contribution in [-0.4, -0.2) is 8.07 Å². The van der Waals surface area contributed by atoms with Crippen LogP contribution in [-0.2, 0) is 0 Å². The van der Waals surface area contributed by atoms with Crippen LogP contribution in [0.2, 0.25) is 10.1 Å². The molecule has 0 aliphatic rings. The van der Waals surface area contributed by atoms with Crippen LogP contribution in [0.5, 0.6) is 0 Å². The van der Waals surface area contributed by atoms with Crippen LogP contribution >= 0.6 is 11.6 Å². The smallest absolute Gasteiger partial charge is 0.0843 e. The van der Waals surface area contributed by atoms with Crippen LogP contribution in [0.4, 0.5) is 0 Å². The Morgan fingerprint density at radius 1 is 0.531 bits per heavy atom. The van der Waals surface area contributed by atoms with Gasteiger partial charge in [-0.15, -0.1) is 0 Å². The molecule has 0 amide bonds. The molecule has 0 fully saturated rings. The molecular formula is C30H27ClSi. The van der Waals surface area contributed by atoms with E-state index in [9.17, 15) is 0 Å². The minimum absolute atomic E-state index is 0.0667. The Morgan fingerprint density at radius 3 is 1.69 bits per heavy atom. The van der Waals surface area contributed by atoms with E-state index in [1.165, 1.54) is 37.1 Å². The zero-order chi connectivity index (χ0) is 22.3. The first-order valence-corrected chi connectivity index (χ1v) is 13.5. The van der Waals surface area contributed by atoms with Crippen LogP contribution in [0, 0.1) is 0 Å². The van der Waals surface area contributed by atoms with Gasteiger partial charge in [0.2, 0.25) is 0 Å². The average Bonchev–Trinajstić information content (AvgIpc) is 2.80. The van der Waals surface area contributed by atoms with Gasteiger partial charge in [0.25, 0.3) is 0 Å². The number of benzene rings is 5. The van der Waals surface area contributed by atoms with Gasteiger partial charge in [-0.1, -0.05) is 129 Å². The normalized spacial score (nSPS) is 12.4. The largest absolute Gasteiger partial charge is 0.153 e. The van der Waals surface area contributed by atoms with Crippen molar-refractivity contribution >= 4 is 56.8 Å². The minimum Gasteiger partial charge on any atom is -0.0843 e. The molecule has 0 saturated carbocycles. The van der Waals surface area contributed by atoms with Gasteiger partial charge in [0.1, 0.15) is 0 Å². The maximum Gasteiger partial charge on any atom is 0.153 e. The number of hydrogen-bond donors (Lipinski definition) is 0. The Balaban J connectivity index is 1.91. The number of rotatable bonds is 3. The van der Waals surface area contributed by atoms with E-state index in [-0.39, 0.29) is 5.04 Å². The fourth-order valence-electron chi connectivity index (χ4n) is 5.44. The van der Waals surface area contributed by atoms with Gasteiger partial charge < -0.3 is 0 Å². The molecule has 32 heavy (non-hydrogen) atoms. The fraction of sp³-hybridized carbons (Fsp3) is 0.133. The summed E-state index contributed by atoms with van der Waals surface area (Å²) in [7, 11) is -2.37. The van der Waals surface area contributed by atoms with Gasteiger partial charge in [-0.2, -0.15) is 0 Å². The Labute approximate surface area is 196 Å². The molecule has 0 spiro atoms. The quantitative estimate of drug-likeness (QED) is 0.159. The third-order valence-corrected chi connectivity index (χ3v) is 12.8. The van der Waals surface area contributed by atoms with E-state index in [2.05, 4.69) is 124 Å². The second-order valence-corrected chi connectivity index (χ2v) is 14.8. The van der Waals surface area contributed by atoms with Gasteiger partial charge in [-0.3, -0.25) is 0 Å². The van der Waals surface area contributed by atoms with E-state index < -0.39 is 8.07 Å². The molecule has 5 rings (SSSR count). The second-order valence-electron chi connectivity index (χ2n) is 9.60. The molecule has 0 unspecified atom stereocenters. The van der Waals surface area contributed by atoms with Gasteiger partial charge in [0, 0.05) is 5.02 Å². The molecule has 0 bridgehead atoms. The average molecular weight is 451 g/mol. The highest BCUT2D eigenvalue weighted by Crippen LogP contribution is 2.37. The SMILES string of the molecule is CC(C)(C)[Si](c1ccccc1)(c1ccccc1)c1ccc2ccc3cc(Cl)ccc3c2c1. The highest BCUT2D eigenvalue weighted by atomic mass is 35.5. The molecule has 158 valence electrons. The maximum atomic E-state index is 6.30. The van der Waals surface area contributed by atoms with E-state index in [0.29, 0.717) is 0 Å². The molecule has 0 radical (unpaired) electrons. The highest BCUT2D eigenvalue weighted by molar-refractivity contribution is 7.13. The number of halogens is 1. The summed E-state index contributed by atoms with van der Waals surface area (Å²) in [6.45, 7) is 7.23. The van der Waals surface area contributed by atoms with Crippen molar-refractivity contribution in [2.75, 3.05) is 0 Å². The Morgan fingerprint density at radius 2 is 1.09 bits per heavy atom. The standard InChI is InChI=1S/C30H27ClSi/c1-30(2,3)32(25-10-6-4-7-11-25,26-12-8-5-9-13-26)27-18-16-22-14-15-23-20-24(31)17-19-28(23)29(22)21-27/h4-21H,1-3H3. The van der Waals surface area contributed by atoms with Gasteiger partial charge >= 0.3 is 0 Å². The van der Waals surface area contributed by atoms with Crippen LogP contribution in [0.3, 0.4) is 0 Å². The zero-order valence-corrected chi connectivity index (χ0v) is 20.5. The summed E-state index contributed by atoms with van der Waals surface area (Å²) < 4.78 is 0. The zero-order valence-electron chi connectivity index (χ0n) is 18.8. The van der Waals surface area contributed by atoms with Gasteiger partial charge in [-0.05, 0) is 54.3 Å². The van der Waals surface area contributed by atoms with E-state index in [1.54, 1.807) is 0 Å². The molecule has 0 N–H and O–H groups in total. The van der Waals surface area contributed by atoms with Crippen LogP contribution < -0.4 is 15.6 Å². The predicted molar refractivity (Wildman–Crippen MR) is 144 cm³/mol. The van der Waals surface area contributed by atoms with Gasteiger partial charge in [0.05, 0.1) is 0 Å². The van der Waals surface area contributed by atoms with Crippen molar-refractivity contribution in [1.82, 2.24) is 0 Å². The first-order chi connectivity index (χ1) is 15.4. The molecule has 5 aromatic rings. The lowest BCUT2D eigenvalue weighted by Gasteiger charge is -2.44. The summed E-state index contributed by atoms with van der Waals surface area (Å²) in [5.74, 6) is 0. The fourth-order valence-corrected chi connectivity index (χ4v) is 11.3. The Bertz CT molecular complexity index is 1360. The van der Waals surface area contributed by atoms with E-state index in [0.717, 1.165) is 5.02 Å². The van der Waals surface area contributed by atoms with E-state index in [1.807, 2.05) is 6.07 Å². The van der Waals surface area contributed by atoms with E-state index >= 15 is 0 Å². The highest BCUT2D eigenvalue weighted by Gasteiger charge is 2.49. The third kappa shape index (κ3) is 3.28. The summed E-state index contributed by atoms with van der Waals surface area (Å²) in [5, 5.41) is 10.2. The van der Waals surface area contributed by atoms with Gasteiger partial charge in [-0.25, -0.2) is 0 Å². The first kappa shape index (κ1) is 21.0. The summed E-state index contributed by atoms with van der Waals surface area (Å²) >= 11 is 6.30. The van der Waals surface area contributed by atoms with Crippen molar-refractivity contribution in [3.63, 3.8) is 0 Å². The van der Waals surface area contributed by atoms with Gasteiger partial charge in [0.15, 0.2) is 8.07 Å². The molecule has 0 saturated heterocycles. The Hall–Kier alpha value is -2.87. The van der Waals surface area contributed by atoms with Crippen LogP contribution in [0.1, 0.15) is 20.8 Å². The summed E-state index contributed by atoms with van der Waals surface area (Å²) in [6.07, 6.45) is 0. The molecule has 0 aliphatic carbocycles. The van der Waals surface area contributed by atoms with Crippen molar-refractivity contribution in [2.24, 2.45) is 0 Å². The first-order valence-electron chi connectivity index (χ1n) is 11.1. The van der Waals surface area contributed by atoms with Crippen molar-refractivity contribution in [3.05, 3.63) is 114 Å². The Kier molecular flexibility index (Phi) is 5.20. The molecule has 5 aromatic carbocycles. The molecule has 0 aromatic heterocycles. The molecule has 0 heterocycles. The predicted octanol–water partition coefficient (Wildman–Crippen LogP) is 6.92. The second kappa shape index (κ2) is 7.92. The monoisotopic (exact) mass is 450 g/mol. The lowest BCUT2D eigenvalue weighted by atomic mass is 10.0. The van der Waals surface area contributed by atoms with Crippen LogP contribution in [0.25, 0.3) is 21.5 Å². The van der Waals surface area contributed by atoms with Crippen LogP contribution in [0.15, 0.2) is 109 Å². The molecular weight excluding hydrogens is 424 g/mol.